The van der Waals surface area contributed by atoms with Crippen molar-refractivity contribution in [2.75, 3.05) is 5.33 Å². The molecule has 1 aromatic carbocycles. The Morgan fingerprint density at radius 2 is 2.19 bits per heavy atom. The van der Waals surface area contributed by atoms with Crippen LogP contribution in [0, 0.1) is 5.82 Å². The number of aliphatic hydroxyl groups excluding tert-OH is 1. The molecule has 0 spiro atoms. The van der Waals surface area contributed by atoms with Gasteiger partial charge in [-0.15, -0.1) is 11.3 Å². The smallest absolute Gasteiger partial charge is 0.141 e. The number of fused-ring (bicyclic) bond motifs is 1. The van der Waals surface area contributed by atoms with Crippen molar-refractivity contribution in [1.82, 2.24) is 4.98 Å². The zero-order valence-electron chi connectivity index (χ0n) is 10.7. The molecule has 0 radical (unpaired) electrons. The first-order chi connectivity index (χ1) is 10.1. The molecular formula is C15H10BrClFNOS. The van der Waals surface area contributed by atoms with E-state index in [1.807, 2.05) is 11.4 Å². The summed E-state index contributed by atoms with van der Waals surface area (Å²) in [5.41, 5.74) is 1.94. The molecular weight excluding hydrogens is 377 g/mol. The molecule has 108 valence electrons. The van der Waals surface area contributed by atoms with E-state index in [4.69, 9.17) is 11.6 Å². The summed E-state index contributed by atoms with van der Waals surface area (Å²) >= 11 is 10.7. The van der Waals surface area contributed by atoms with Gasteiger partial charge in [0, 0.05) is 26.7 Å². The first kappa shape index (κ1) is 14.9. The number of alkyl halides is 1. The van der Waals surface area contributed by atoms with Crippen LogP contribution in [0.25, 0.3) is 21.3 Å². The number of thiophene rings is 1. The topological polar surface area (TPSA) is 33.1 Å². The highest BCUT2D eigenvalue weighted by molar-refractivity contribution is 9.09. The molecule has 0 saturated carbocycles. The Hall–Kier alpha value is -1.01. The monoisotopic (exact) mass is 385 g/mol. The summed E-state index contributed by atoms with van der Waals surface area (Å²) in [4.78, 5) is 4.45. The molecule has 0 fully saturated rings. The number of nitrogens with zero attached hydrogens (tertiary/aromatic N) is 1. The predicted octanol–water partition coefficient (Wildman–Crippen LogP) is 5.18. The normalized spacial score (nSPS) is 12.8. The second-order valence-corrected chi connectivity index (χ2v) is 6.50. The Bertz CT molecular complexity index is 807. The van der Waals surface area contributed by atoms with Crippen molar-refractivity contribution in [2.45, 2.75) is 6.10 Å². The van der Waals surface area contributed by atoms with E-state index in [0.717, 1.165) is 10.9 Å². The lowest BCUT2D eigenvalue weighted by Crippen LogP contribution is -2.02. The van der Waals surface area contributed by atoms with Gasteiger partial charge in [-0.05, 0) is 18.2 Å². The lowest BCUT2D eigenvalue weighted by Gasteiger charge is -2.09. The fourth-order valence-electron chi connectivity index (χ4n) is 2.13. The Balaban J connectivity index is 2.19. The maximum atomic E-state index is 13.8. The second-order valence-electron chi connectivity index (χ2n) is 4.53. The molecule has 0 aliphatic carbocycles. The number of aliphatic hydroxyl groups is 1. The molecule has 1 unspecified atom stereocenters. The van der Waals surface area contributed by atoms with Gasteiger partial charge < -0.3 is 5.11 Å². The van der Waals surface area contributed by atoms with Crippen LogP contribution < -0.4 is 0 Å². The van der Waals surface area contributed by atoms with Crippen LogP contribution >= 0.6 is 38.9 Å². The summed E-state index contributed by atoms with van der Waals surface area (Å²) in [7, 11) is 0. The molecule has 0 saturated heterocycles. The molecule has 0 aliphatic heterocycles. The van der Waals surface area contributed by atoms with Crippen molar-refractivity contribution in [1.29, 1.82) is 0 Å². The second kappa shape index (κ2) is 6.01. The Labute approximate surface area is 138 Å². The van der Waals surface area contributed by atoms with Crippen LogP contribution in [0.1, 0.15) is 11.8 Å². The van der Waals surface area contributed by atoms with Crippen LogP contribution in [0.15, 0.2) is 35.7 Å². The molecule has 6 heteroatoms. The van der Waals surface area contributed by atoms with Crippen molar-refractivity contribution < 1.29 is 9.50 Å². The maximum Gasteiger partial charge on any atom is 0.141 e. The van der Waals surface area contributed by atoms with Gasteiger partial charge in [0.15, 0.2) is 0 Å². The average Bonchev–Trinajstić information content (AvgIpc) is 2.91. The molecule has 3 aromatic rings. The minimum Gasteiger partial charge on any atom is -0.386 e. The molecule has 1 N–H and O–H groups in total. The Kier molecular flexibility index (Phi) is 4.26. The third kappa shape index (κ3) is 2.83. The minimum absolute atomic E-state index is 0.244. The van der Waals surface area contributed by atoms with E-state index in [9.17, 15) is 9.50 Å². The maximum absolute atomic E-state index is 13.8. The molecule has 0 bridgehead atoms. The molecule has 2 heterocycles. The highest BCUT2D eigenvalue weighted by atomic mass is 79.9. The standard InChI is InChI=1S/C15H10BrClFNOS/c16-6-14(20)13-5-8(17)4-12(19-13)10-7-21-15-9(10)2-1-3-11(15)18/h1-5,7,14,20H,6H2. The quantitative estimate of drug-likeness (QED) is 0.629. The number of hydrogen-bond acceptors (Lipinski definition) is 3. The zero-order chi connectivity index (χ0) is 15.0. The van der Waals surface area contributed by atoms with Crippen LogP contribution in [-0.2, 0) is 0 Å². The van der Waals surface area contributed by atoms with Crippen LogP contribution in [0.4, 0.5) is 4.39 Å². The van der Waals surface area contributed by atoms with Gasteiger partial charge in [0.05, 0.1) is 16.1 Å². The van der Waals surface area contributed by atoms with Crippen LogP contribution in [0.2, 0.25) is 5.02 Å². The van der Waals surface area contributed by atoms with Gasteiger partial charge in [-0.2, -0.15) is 0 Å². The van der Waals surface area contributed by atoms with Crippen molar-refractivity contribution in [3.63, 3.8) is 0 Å². The fraction of sp³-hybridized carbons (Fsp3) is 0.133. The van der Waals surface area contributed by atoms with Crippen molar-refractivity contribution in [3.8, 4) is 11.3 Å². The summed E-state index contributed by atoms with van der Waals surface area (Å²) in [6.45, 7) is 0. The highest BCUT2D eigenvalue weighted by Crippen LogP contribution is 2.36. The van der Waals surface area contributed by atoms with Crippen molar-refractivity contribution >= 4 is 49.0 Å². The fourth-order valence-corrected chi connectivity index (χ4v) is 3.64. The number of benzene rings is 1. The number of pyridine rings is 1. The lowest BCUT2D eigenvalue weighted by atomic mass is 10.1. The lowest BCUT2D eigenvalue weighted by molar-refractivity contribution is 0.200. The van der Waals surface area contributed by atoms with E-state index < -0.39 is 6.10 Å². The number of hydrogen-bond donors (Lipinski definition) is 1. The first-order valence-electron chi connectivity index (χ1n) is 6.17. The third-order valence-corrected chi connectivity index (χ3v) is 4.96. The van der Waals surface area contributed by atoms with Gasteiger partial charge in [0.25, 0.3) is 0 Å². The third-order valence-electron chi connectivity index (χ3n) is 3.13. The van der Waals surface area contributed by atoms with E-state index in [0.29, 0.717) is 26.4 Å². The predicted molar refractivity (Wildman–Crippen MR) is 88.8 cm³/mol. The van der Waals surface area contributed by atoms with Gasteiger partial charge >= 0.3 is 0 Å². The molecule has 0 aliphatic rings. The van der Waals surface area contributed by atoms with E-state index in [2.05, 4.69) is 20.9 Å². The Morgan fingerprint density at radius 3 is 2.95 bits per heavy atom. The molecule has 2 nitrogen and oxygen atoms in total. The van der Waals surface area contributed by atoms with Crippen LogP contribution in [0.3, 0.4) is 0 Å². The number of halogens is 3. The van der Waals surface area contributed by atoms with Crippen LogP contribution in [0.5, 0.6) is 0 Å². The van der Waals surface area contributed by atoms with E-state index in [-0.39, 0.29) is 5.82 Å². The minimum atomic E-state index is -0.732. The zero-order valence-corrected chi connectivity index (χ0v) is 13.8. The van der Waals surface area contributed by atoms with Crippen LogP contribution in [-0.4, -0.2) is 15.4 Å². The number of rotatable bonds is 3. The van der Waals surface area contributed by atoms with Gasteiger partial charge in [-0.25, -0.2) is 9.37 Å². The van der Waals surface area contributed by atoms with Crippen molar-refractivity contribution in [3.05, 3.63) is 52.2 Å². The van der Waals surface area contributed by atoms with Gasteiger partial charge in [0.1, 0.15) is 11.9 Å². The summed E-state index contributed by atoms with van der Waals surface area (Å²) < 4.78 is 14.4. The summed E-state index contributed by atoms with van der Waals surface area (Å²) in [6.07, 6.45) is -0.732. The molecule has 1 atom stereocenters. The van der Waals surface area contributed by atoms with E-state index in [1.165, 1.54) is 17.4 Å². The van der Waals surface area contributed by atoms with Gasteiger partial charge in [-0.3, -0.25) is 0 Å². The molecule has 21 heavy (non-hydrogen) atoms. The SMILES string of the molecule is OC(CBr)c1cc(Cl)cc(-c2csc3c(F)cccc23)n1. The summed E-state index contributed by atoms with van der Waals surface area (Å²) in [5, 5.41) is 13.4. The summed E-state index contributed by atoms with van der Waals surface area (Å²) in [6, 6.07) is 8.32. The first-order valence-corrected chi connectivity index (χ1v) is 8.55. The molecule has 3 rings (SSSR count). The molecule has 2 aromatic heterocycles. The van der Waals surface area contributed by atoms with E-state index >= 15 is 0 Å². The van der Waals surface area contributed by atoms with E-state index in [1.54, 1.807) is 18.2 Å². The largest absolute Gasteiger partial charge is 0.386 e. The molecule has 0 amide bonds. The number of aromatic nitrogens is 1. The highest BCUT2D eigenvalue weighted by Gasteiger charge is 2.14. The van der Waals surface area contributed by atoms with Gasteiger partial charge in [-0.1, -0.05) is 39.7 Å². The van der Waals surface area contributed by atoms with Gasteiger partial charge in [0.2, 0.25) is 0 Å². The summed E-state index contributed by atoms with van der Waals surface area (Å²) in [5.74, 6) is -0.244. The average molecular weight is 387 g/mol. The Morgan fingerprint density at radius 1 is 1.38 bits per heavy atom. The van der Waals surface area contributed by atoms with Crippen molar-refractivity contribution in [2.24, 2.45) is 0 Å².